The van der Waals surface area contributed by atoms with Crippen molar-refractivity contribution in [2.45, 2.75) is 50.1 Å². The molecule has 3 aromatic heterocycles. The molecule has 0 spiro atoms. The zero-order valence-electron chi connectivity index (χ0n) is 20.5. The number of anilines is 2. The summed E-state index contributed by atoms with van der Waals surface area (Å²) in [6.45, 7) is 0. The molecule has 0 saturated heterocycles. The van der Waals surface area contributed by atoms with Gasteiger partial charge in [0.05, 0.1) is 5.69 Å². The molecule has 0 bridgehead atoms. The maximum Gasteiger partial charge on any atom is 0.573 e. The number of hydrogen-bond donors (Lipinski definition) is 3. The third kappa shape index (κ3) is 6.42. The number of methoxy groups -OCH3 is 1. The Hall–Kier alpha value is -3.85. The van der Waals surface area contributed by atoms with Crippen LogP contribution in [0.3, 0.4) is 0 Å². The van der Waals surface area contributed by atoms with E-state index in [1.165, 1.54) is 0 Å². The number of benzene rings is 1. The maximum atomic E-state index is 14.4. The number of ether oxygens (including phenoxy) is 2. The van der Waals surface area contributed by atoms with E-state index in [4.69, 9.17) is 4.74 Å². The van der Waals surface area contributed by atoms with Crippen LogP contribution in [0.25, 0.3) is 11.0 Å². The number of amides is 1. The van der Waals surface area contributed by atoms with Crippen molar-refractivity contribution in [1.82, 2.24) is 25.4 Å². The molecule has 0 aliphatic heterocycles. The van der Waals surface area contributed by atoms with Gasteiger partial charge in [0.25, 0.3) is 5.91 Å². The summed E-state index contributed by atoms with van der Waals surface area (Å²) < 4.78 is 60.9. The Balaban J connectivity index is 1.17. The van der Waals surface area contributed by atoms with Crippen molar-refractivity contribution in [2.75, 3.05) is 17.7 Å². The Labute approximate surface area is 223 Å². The lowest BCUT2D eigenvalue weighted by atomic mass is 9.84. The van der Waals surface area contributed by atoms with Crippen LogP contribution in [0.15, 0.2) is 36.5 Å². The van der Waals surface area contributed by atoms with E-state index in [1.54, 1.807) is 0 Å². The van der Waals surface area contributed by atoms with Crippen molar-refractivity contribution < 1.29 is 31.8 Å². The summed E-state index contributed by atoms with van der Waals surface area (Å²) in [5.74, 6) is -2.13. The predicted molar refractivity (Wildman–Crippen MR) is 134 cm³/mol. The van der Waals surface area contributed by atoms with Gasteiger partial charge in [0.15, 0.2) is 11.8 Å². The fourth-order valence-corrected chi connectivity index (χ4v) is 5.30. The zero-order chi connectivity index (χ0) is 27.6. The van der Waals surface area contributed by atoms with E-state index in [0.29, 0.717) is 11.0 Å². The number of halogens is 4. The molecule has 1 fully saturated rings. The topological polar surface area (TPSA) is 127 Å². The van der Waals surface area contributed by atoms with Gasteiger partial charge in [0, 0.05) is 36.2 Å². The van der Waals surface area contributed by atoms with Crippen molar-refractivity contribution in [3.8, 4) is 5.75 Å². The molecular weight excluding hydrogens is 542 g/mol. The van der Waals surface area contributed by atoms with Crippen molar-refractivity contribution in [3.63, 3.8) is 0 Å². The Morgan fingerprint density at radius 3 is 2.59 bits per heavy atom. The largest absolute Gasteiger partial charge is 0.573 e. The van der Waals surface area contributed by atoms with Crippen molar-refractivity contribution in [3.05, 3.63) is 53.6 Å². The molecule has 1 saturated carbocycles. The van der Waals surface area contributed by atoms with E-state index >= 15 is 0 Å². The molecule has 1 amide bonds. The van der Waals surface area contributed by atoms with Gasteiger partial charge in [-0.2, -0.15) is 5.10 Å². The number of carbonyl (C=O) groups excluding carboxylic acids is 1. The van der Waals surface area contributed by atoms with Crippen LogP contribution in [0.5, 0.6) is 5.75 Å². The minimum atomic E-state index is -4.97. The van der Waals surface area contributed by atoms with Crippen LogP contribution in [0.1, 0.15) is 49.0 Å². The van der Waals surface area contributed by atoms with Crippen molar-refractivity contribution in [2.24, 2.45) is 0 Å². The highest BCUT2D eigenvalue weighted by molar-refractivity contribution is 7.19. The smallest absolute Gasteiger partial charge is 0.406 e. The van der Waals surface area contributed by atoms with E-state index in [0.717, 1.165) is 79.1 Å². The molecule has 0 radical (unpaired) electrons. The fourth-order valence-electron chi connectivity index (χ4n) is 4.58. The zero-order valence-corrected chi connectivity index (χ0v) is 21.3. The first kappa shape index (κ1) is 26.7. The summed E-state index contributed by atoms with van der Waals surface area (Å²) in [4.78, 5) is 15.8. The van der Waals surface area contributed by atoms with Crippen molar-refractivity contribution >= 4 is 38.5 Å². The minimum Gasteiger partial charge on any atom is -0.406 e. The van der Waals surface area contributed by atoms with Gasteiger partial charge < -0.3 is 19.8 Å². The van der Waals surface area contributed by atoms with E-state index < -0.39 is 35.5 Å². The van der Waals surface area contributed by atoms with Gasteiger partial charge in [0.1, 0.15) is 11.6 Å². The molecule has 15 heteroatoms. The SMILES string of the molecule is CO[C@H](C(=O)Nc1nnc(NC2CCC(c3cc4cc[nH]c4nn3)CC2)s1)c1cc(OC(F)(F)F)ccc1F. The number of rotatable bonds is 8. The summed E-state index contributed by atoms with van der Waals surface area (Å²) >= 11 is 1.08. The Bertz CT molecular complexity index is 1450. The van der Waals surface area contributed by atoms with E-state index in [9.17, 15) is 22.4 Å². The molecule has 0 unspecified atom stereocenters. The fraction of sp³-hybridized carbons (Fsp3) is 0.375. The molecule has 3 N–H and O–H groups in total. The first-order valence-electron chi connectivity index (χ1n) is 12.0. The first-order valence-corrected chi connectivity index (χ1v) is 12.8. The highest BCUT2D eigenvalue weighted by atomic mass is 32.1. The predicted octanol–water partition coefficient (Wildman–Crippen LogP) is 5.31. The second-order valence-corrected chi connectivity index (χ2v) is 9.97. The lowest BCUT2D eigenvalue weighted by Gasteiger charge is -2.28. The number of alkyl halides is 3. The van der Waals surface area contributed by atoms with Gasteiger partial charge in [-0.15, -0.1) is 28.5 Å². The number of H-pyrrole nitrogens is 1. The molecule has 3 heterocycles. The van der Waals surface area contributed by atoms with Gasteiger partial charge in [-0.25, -0.2) is 4.39 Å². The summed E-state index contributed by atoms with van der Waals surface area (Å²) in [6, 6.07) is 6.53. The van der Waals surface area contributed by atoms with Crippen LogP contribution >= 0.6 is 11.3 Å². The van der Waals surface area contributed by atoms with E-state index in [1.807, 2.05) is 12.3 Å². The second kappa shape index (κ2) is 11.1. The number of nitrogens with one attached hydrogen (secondary N) is 3. The molecule has 10 nitrogen and oxygen atoms in total. The molecule has 206 valence electrons. The lowest BCUT2D eigenvalue weighted by Crippen LogP contribution is -2.25. The van der Waals surface area contributed by atoms with E-state index in [-0.39, 0.29) is 11.2 Å². The Morgan fingerprint density at radius 1 is 1.08 bits per heavy atom. The molecular formula is C24H23F4N7O3S. The normalized spacial score (nSPS) is 18.6. The first-order chi connectivity index (χ1) is 18.7. The highest BCUT2D eigenvalue weighted by Crippen LogP contribution is 2.35. The average Bonchev–Trinajstić information content (AvgIpc) is 3.54. The monoisotopic (exact) mass is 565 g/mol. The molecule has 1 aromatic carbocycles. The number of aromatic nitrogens is 5. The average molecular weight is 566 g/mol. The van der Waals surface area contributed by atoms with Crippen LogP contribution in [-0.2, 0) is 9.53 Å². The maximum absolute atomic E-state index is 14.4. The number of aromatic amines is 1. The van der Waals surface area contributed by atoms with Crippen LogP contribution in [-0.4, -0.2) is 50.8 Å². The second-order valence-electron chi connectivity index (χ2n) is 8.99. The number of hydrogen-bond acceptors (Lipinski definition) is 9. The third-order valence-corrected chi connectivity index (χ3v) is 7.18. The highest BCUT2D eigenvalue weighted by Gasteiger charge is 2.33. The van der Waals surface area contributed by atoms with Crippen molar-refractivity contribution in [1.29, 1.82) is 0 Å². The van der Waals surface area contributed by atoms with Gasteiger partial charge >= 0.3 is 6.36 Å². The summed E-state index contributed by atoms with van der Waals surface area (Å²) in [6.07, 6.45) is -1.10. The van der Waals surface area contributed by atoms with Gasteiger partial charge in [-0.1, -0.05) is 11.3 Å². The molecule has 1 aliphatic rings. The van der Waals surface area contributed by atoms with E-state index in [2.05, 4.69) is 46.8 Å². The summed E-state index contributed by atoms with van der Waals surface area (Å²) in [5, 5.41) is 24.0. The third-order valence-electron chi connectivity index (χ3n) is 6.41. The van der Waals surface area contributed by atoms with Gasteiger partial charge in [-0.05, 0) is 56.0 Å². The number of carbonyl (C=O) groups is 1. The number of nitrogens with zero attached hydrogens (tertiary/aromatic N) is 4. The summed E-state index contributed by atoms with van der Waals surface area (Å²) in [5.41, 5.74) is 1.32. The quantitative estimate of drug-likeness (QED) is 0.245. The lowest BCUT2D eigenvalue weighted by molar-refractivity contribution is -0.274. The van der Waals surface area contributed by atoms with Crippen LogP contribution < -0.4 is 15.4 Å². The molecule has 5 rings (SSSR count). The standard InChI is InChI=1S/C24H23F4N7O3S/c1-37-19(16-11-15(6-7-17(16)25)38-24(26,27)28)21(36)31-23-35-34-22(39-23)30-14-4-2-12(3-5-14)18-10-13-8-9-29-20(13)33-32-18/h6-12,14,19H,2-5H2,1H3,(H,29,33)(H,30,34)(H,31,35,36)/t12?,14?,19-/m0/s1. The molecule has 4 aromatic rings. The Kier molecular flexibility index (Phi) is 7.61. The molecule has 1 aliphatic carbocycles. The van der Waals surface area contributed by atoms with Crippen LogP contribution in [0.4, 0.5) is 27.8 Å². The minimum absolute atomic E-state index is 0.122. The van der Waals surface area contributed by atoms with Gasteiger partial charge in [-0.3, -0.25) is 10.1 Å². The van der Waals surface area contributed by atoms with Crippen LogP contribution in [0.2, 0.25) is 0 Å². The molecule has 1 atom stereocenters. The molecule has 39 heavy (non-hydrogen) atoms. The van der Waals surface area contributed by atoms with Crippen LogP contribution in [0, 0.1) is 5.82 Å². The Morgan fingerprint density at radius 2 is 1.85 bits per heavy atom. The van der Waals surface area contributed by atoms with Gasteiger partial charge in [0.2, 0.25) is 10.3 Å². The number of fused-ring (bicyclic) bond motifs is 1. The summed E-state index contributed by atoms with van der Waals surface area (Å²) in [7, 11) is 1.13.